The summed E-state index contributed by atoms with van der Waals surface area (Å²) >= 11 is 3.15. The first-order valence-corrected chi connectivity index (χ1v) is 6.40. The molecule has 0 spiro atoms. The number of thiophene rings is 1. The van der Waals surface area contributed by atoms with Crippen LogP contribution in [0.3, 0.4) is 0 Å². The molecule has 0 saturated carbocycles. The predicted molar refractivity (Wildman–Crippen MR) is 65.8 cm³/mol. The number of aryl methyl sites for hydroxylation is 1. The van der Waals surface area contributed by atoms with E-state index < -0.39 is 0 Å². The summed E-state index contributed by atoms with van der Waals surface area (Å²) < 4.78 is 0. The standard InChI is InChI=1S/C11H14OS2/c1-9-7-11(8-14-9)5-3-4-6-13-10(2)12/h3,5,7-8H,4,6H2,1-2H3. The smallest absolute Gasteiger partial charge is 0.185 e. The molecule has 0 aliphatic rings. The van der Waals surface area contributed by atoms with Gasteiger partial charge in [0.15, 0.2) is 5.12 Å². The van der Waals surface area contributed by atoms with E-state index in [1.165, 1.54) is 22.2 Å². The quantitative estimate of drug-likeness (QED) is 0.727. The molecule has 1 aromatic heterocycles. The third-order valence-corrected chi connectivity index (χ3v) is 3.38. The molecule has 1 aromatic rings. The lowest BCUT2D eigenvalue weighted by Crippen LogP contribution is -1.83. The van der Waals surface area contributed by atoms with E-state index in [2.05, 4.69) is 30.5 Å². The van der Waals surface area contributed by atoms with E-state index in [4.69, 9.17) is 0 Å². The monoisotopic (exact) mass is 226 g/mol. The molecule has 0 aliphatic heterocycles. The third-order valence-electron chi connectivity index (χ3n) is 1.65. The molecular formula is C11H14OS2. The Morgan fingerprint density at radius 3 is 3.00 bits per heavy atom. The van der Waals surface area contributed by atoms with Crippen LogP contribution in [0.4, 0.5) is 0 Å². The van der Waals surface area contributed by atoms with Gasteiger partial charge >= 0.3 is 0 Å². The molecule has 1 heterocycles. The van der Waals surface area contributed by atoms with E-state index in [0.29, 0.717) is 0 Å². The molecule has 1 rings (SSSR count). The minimum Gasteiger partial charge on any atom is -0.288 e. The summed E-state index contributed by atoms with van der Waals surface area (Å²) in [7, 11) is 0. The maximum atomic E-state index is 10.6. The number of carbonyl (C=O) groups excluding carboxylic acids is 1. The summed E-state index contributed by atoms with van der Waals surface area (Å²) in [6.45, 7) is 3.71. The van der Waals surface area contributed by atoms with Crippen molar-refractivity contribution < 1.29 is 4.79 Å². The second-order valence-electron chi connectivity index (χ2n) is 3.02. The minimum absolute atomic E-state index is 0.199. The molecule has 1 nitrogen and oxygen atoms in total. The Labute approximate surface area is 93.2 Å². The van der Waals surface area contributed by atoms with Gasteiger partial charge in [-0.05, 0) is 30.4 Å². The Hall–Kier alpha value is -0.540. The van der Waals surface area contributed by atoms with Crippen LogP contribution < -0.4 is 0 Å². The van der Waals surface area contributed by atoms with Gasteiger partial charge in [0.05, 0.1) is 0 Å². The highest BCUT2D eigenvalue weighted by molar-refractivity contribution is 8.13. The van der Waals surface area contributed by atoms with Crippen molar-refractivity contribution in [3.63, 3.8) is 0 Å². The fourth-order valence-electron chi connectivity index (χ4n) is 1.04. The first-order valence-electron chi connectivity index (χ1n) is 4.53. The molecule has 0 N–H and O–H groups in total. The lowest BCUT2D eigenvalue weighted by Gasteiger charge is -1.90. The Balaban J connectivity index is 2.24. The molecule has 3 heteroatoms. The van der Waals surface area contributed by atoms with E-state index in [1.807, 2.05) is 0 Å². The van der Waals surface area contributed by atoms with Crippen molar-refractivity contribution >= 4 is 34.3 Å². The maximum absolute atomic E-state index is 10.6. The molecule has 0 radical (unpaired) electrons. The minimum atomic E-state index is 0.199. The number of allylic oxidation sites excluding steroid dienone is 1. The van der Waals surface area contributed by atoms with E-state index in [0.717, 1.165) is 12.2 Å². The van der Waals surface area contributed by atoms with Crippen molar-refractivity contribution in [2.75, 3.05) is 5.75 Å². The second-order valence-corrected chi connectivity index (χ2v) is 5.41. The molecule has 0 aromatic carbocycles. The summed E-state index contributed by atoms with van der Waals surface area (Å²) in [5.74, 6) is 0.884. The van der Waals surface area contributed by atoms with Crippen LogP contribution in [0, 0.1) is 6.92 Å². The predicted octanol–water partition coefficient (Wildman–Crippen LogP) is 3.74. The number of thioether (sulfide) groups is 1. The number of hydrogen-bond donors (Lipinski definition) is 0. The highest BCUT2D eigenvalue weighted by Gasteiger charge is 1.92. The van der Waals surface area contributed by atoms with Crippen molar-refractivity contribution in [3.8, 4) is 0 Å². The highest BCUT2D eigenvalue weighted by atomic mass is 32.2. The van der Waals surface area contributed by atoms with Crippen LogP contribution in [-0.4, -0.2) is 10.9 Å². The molecule has 14 heavy (non-hydrogen) atoms. The molecular weight excluding hydrogens is 212 g/mol. The van der Waals surface area contributed by atoms with Crippen LogP contribution >= 0.6 is 23.1 Å². The highest BCUT2D eigenvalue weighted by Crippen LogP contribution is 2.14. The molecule has 0 fully saturated rings. The van der Waals surface area contributed by atoms with Crippen LogP contribution in [0.25, 0.3) is 6.08 Å². The molecule has 0 bridgehead atoms. The largest absolute Gasteiger partial charge is 0.288 e. The average molecular weight is 226 g/mol. The van der Waals surface area contributed by atoms with Crippen LogP contribution in [0.1, 0.15) is 23.8 Å². The van der Waals surface area contributed by atoms with Gasteiger partial charge in [-0.3, -0.25) is 4.79 Å². The zero-order valence-electron chi connectivity index (χ0n) is 8.45. The van der Waals surface area contributed by atoms with Crippen LogP contribution in [-0.2, 0) is 4.79 Å². The van der Waals surface area contributed by atoms with E-state index in [1.54, 1.807) is 18.3 Å². The van der Waals surface area contributed by atoms with Gasteiger partial charge in [0.2, 0.25) is 0 Å². The van der Waals surface area contributed by atoms with Gasteiger partial charge < -0.3 is 0 Å². The fourth-order valence-corrected chi connectivity index (χ4v) is 2.26. The van der Waals surface area contributed by atoms with Gasteiger partial charge in [-0.2, -0.15) is 0 Å². The van der Waals surface area contributed by atoms with Crippen molar-refractivity contribution in [3.05, 3.63) is 28.0 Å². The zero-order valence-corrected chi connectivity index (χ0v) is 10.1. The summed E-state index contributed by atoms with van der Waals surface area (Å²) in [4.78, 5) is 12.0. The van der Waals surface area contributed by atoms with Gasteiger partial charge in [0.1, 0.15) is 0 Å². The van der Waals surface area contributed by atoms with Crippen molar-refractivity contribution in [2.24, 2.45) is 0 Å². The second kappa shape index (κ2) is 6.04. The topological polar surface area (TPSA) is 17.1 Å². The van der Waals surface area contributed by atoms with Crippen LogP contribution in [0.15, 0.2) is 17.5 Å². The normalized spacial score (nSPS) is 11.0. The van der Waals surface area contributed by atoms with Crippen LogP contribution in [0.5, 0.6) is 0 Å². The third kappa shape index (κ3) is 4.63. The van der Waals surface area contributed by atoms with Crippen molar-refractivity contribution in [1.82, 2.24) is 0 Å². The Morgan fingerprint density at radius 1 is 1.64 bits per heavy atom. The Kier molecular flexibility index (Phi) is 4.98. The number of rotatable bonds is 4. The summed E-state index contributed by atoms with van der Waals surface area (Å²) in [5.41, 5.74) is 1.26. The SMILES string of the molecule is CC(=O)SCCC=Cc1csc(C)c1. The maximum Gasteiger partial charge on any atom is 0.185 e. The van der Waals surface area contributed by atoms with Gasteiger partial charge in [-0.25, -0.2) is 0 Å². The lowest BCUT2D eigenvalue weighted by molar-refractivity contribution is -0.109. The Morgan fingerprint density at radius 2 is 2.43 bits per heavy atom. The number of carbonyl (C=O) groups is 1. The Bertz CT molecular complexity index is 326. The van der Waals surface area contributed by atoms with Crippen molar-refractivity contribution in [1.29, 1.82) is 0 Å². The molecule has 0 unspecified atom stereocenters. The fraction of sp³-hybridized carbons (Fsp3) is 0.364. The van der Waals surface area contributed by atoms with Gasteiger partial charge in [0.25, 0.3) is 0 Å². The molecule has 0 aliphatic carbocycles. The molecule has 0 amide bonds. The average Bonchev–Trinajstić information content (AvgIpc) is 2.50. The number of hydrogen-bond acceptors (Lipinski definition) is 3. The molecule has 76 valence electrons. The van der Waals surface area contributed by atoms with Gasteiger partial charge in [-0.1, -0.05) is 23.9 Å². The first-order chi connectivity index (χ1) is 6.68. The zero-order chi connectivity index (χ0) is 10.4. The van der Waals surface area contributed by atoms with E-state index >= 15 is 0 Å². The molecule has 0 saturated heterocycles. The first kappa shape index (κ1) is 11.5. The summed E-state index contributed by atoms with van der Waals surface area (Å²) in [5, 5.41) is 2.34. The summed E-state index contributed by atoms with van der Waals surface area (Å²) in [6.07, 6.45) is 5.20. The van der Waals surface area contributed by atoms with Gasteiger partial charge in [-0.15, -0.1) is 11.3 Å². The summed E-state index contributed by atoms with van der Waals surface area (Å²) in [6, 6.07) is 2.17. The van der Waals surface area contributed by atoms with Crippen LogP contribution in [0.2, 0.25) is 0 Å². The lowest BCUT2D eigenvalue weighted by atomic mass is 10.3. The molecule has 0 atom stereocenters. The van der Waals surface area contributed by atoms with Crippen molar-refractivity contribution in [2.45, 2.75) is 20.3 Å². The van der Waals surface area contributed by atoms with E-state index in [9.17, 15) is 4.79 Å². The van der Waals surface area contributed by atoms with E-state index in [-0.39, 0.29) is 5.12 Å². The van der Waals surface area contributed by atoms with Gasteiger partial charge in [0, 0.05) is 17.6 Å².